The number of aromatic amines is 2. The van der Waals surface area contributed by atoms with Crippen LogP contribution in [0.5, 0.6) is 0 Å². The standard InChI is InChI=1S/C6H4IN3O.C6H5N3O/c7-4-3-8-10-2-1-5(11)9-6(4)10;10-6-2-4-9-5(8-6)1-3-7-9/h1-3H,(H,9,11);1-4H,(H,8,10). The summed E-state index contributed by atoms with van der Waals surface area (Å²) >= 11 is 2.12. The number of nitrogens with zero attached hydrogens (tertiary/aromatic N) is 4. The van der Waals surface area contributed by atoms with Crippen LogP contribution < -0.4 is 11.1 Å². The summed E-state index contributed by atoms with van der Waals surface area (Å²) in [6.07, 6.45) is 6.58. The van der Waals surface area contributed by atoms with Crippen molar-refractivity contribution in [3.05, 3.63) is 67.3 Å². The molecule has 4 rings (SSSR count). The molecule has 4 aromatic rings. The van der Waals surface area contributed by atoms with Gasteiger partial charge in [0.1, 0.15) is 11.3 Å². The van der Waals surface area contributed by atoms with E-state index in [0.717, 1.165) is 9.22 Å². The van der Waals surface area contributed by atoms with Gasteiger partial charge in [0, 0.05) is 30.6 Å². The zero-order valence-corrected chi connectivity index (χ0v) is 12.7. The van der Waals surface area contributed by atoms with Crippen LogP contribution in [-0.4, -0.2) is 29.2 Å². The van der Waals surface area contributed by atoms with Crippen molar-refractivity contribution in [1.29, 1.82) is 0 Å². The monoisotopic (exact) mass is 396 g/mol. The molecule has 4 aromatic heterocycles. The lowest BCUT2D eigenvalue weighted by Gasteiger charge is -1.89. The fraction of sp³-hybridized carbons (Fsp3) is 0. The first kappa shape index (κ1) is 13.5. The van der Waals surface area contributed by atoms with Crippen LogP contribution in [0.15, 0.2) is 52.6 Å². The maximum Gasteiger partial charge on any atom is 0.251 e. The van der Waals surface area contributed by atoms with E-state index < -0.39 is 0 Å². The Kier molecular flexibility index (Phi) is 3.56. The molecule has 9 heteroatoms. The summed E-state index contributed by atoms with van der Waals surface area (Å²) in [6, 6.07) is 4.61. The molecule has 0 bridgehead atoms. The summed E-state index contributed by atoms with van der Waals surface area (Å²) in [7, 11) is 0. The first-order valence-corrected chi connectivity index (χ1v) is 6.96. The maximum absolute atomic E-state index is 10.8. The van der Waals surface area contributed by atoms with Crippen molar-refractivity contribution < 1.29 is 0 Å². The average molecular weight is 396 g/mol. The lowest BCUT2D eigenvalue weighted by Crippen LogP contribution is -2.05. The fourth-order valence-electron chi connectivity index (χ4n) is 1.71. The third kappa shape index (κ3) is 2.86. The first-order chi connectivity index (χ1) is 10.1. The quantitative estimate of drug-likeness (QED) is 0.427. The van der Waals surface area contributed by atoms with Gasteiger partial charge in [-0.3, -0.25) is 9.59 Å². The maximum atomic E-state index is 10.8. The molecular formula is C12H9IN6O2. The van der Waals surface area contributed by atoms with Crippen molar-refractivity contribution in [2.75, 3.05) is 0 Å². The van der Waals surface area contributed by atoms with Gasteiger partial charge in [-0.15, -0.1) is 0 Å². The molecule has 21 heavy (non-hydrogen) atoms. The average Bonchev–Trinajstić information content (AvgIpc) is 3.06. The number of hydrogen-bond donors (Lipinski definition) is 2. The molecular weight excluding hydrogens is 387 g/mol. The third-order valence-electron chi connectivity index (χ3n) is 2.65. The Hall–Kier alpha value is -2.43. The fourth-order valence-corrected chi connectivity index (χ4v) is 2.21. The number of rotatable bonds is 0. The summed E-state index contributed by atoms with van der Waals surface area (Å²) < 4.78 is 4.17. The van der Waals surface area contributed by atoms with Gasteiger partial charge in [0.15, 0.2) is 0 Å². The van der Waals surface area contributed by atoms with Crippen LogP contribution in [0, 0.1) is 3.57 Å². The molecule has 0 radical (unpaired) electrons. The highest BCUT2D eigenvalue weighted by Crippen LogP contribution is 2.07. The van der Waals surface area contributed by atoms with Gasteiger partial charge >= 0.3 is 0 Å². The molecule has 0 aliphatic heterocycles. The van der Waals surface area contributed by atoms with Crippen LogP contribution in [0.25, 0.3) is 11.3 Å². The van der Waals surface area contributed by atoms with Gasteiger partial charge in [-0.05, 0) is 22.6 Å². The van der Waals surface area contributed by atoms with Crippen LogP contribution >= 0.6 is 22.6 Å². The minimum atomic E-state index is -0.104. The van der Waals surface area contributed by atoms with Crippen molar-refractivity contribution in [3.63, 3.8) is 0 Å². The molecule has 2 N–H and O–H groups in total. The second-order valence-electron chi connectivity index (χ2n) is 4.06. The molecule has 0 saturated heterocycles. The van der Waals surface area contributed by atoms with Crippen molar-refractivity contribution in [2.24, 2.45) is 0 Å². The summed E-state index contributed by atoms with van der Waals surface area (Å²) in [5.74, 6) is 0. The SMILES string of the molecule is O=c1ccn2ncc(I)c2[nH]1.O=c1ccn2nccc2[nH]1. The second-order valence-corrected chi connectivity index (χ2v) is 5.22. The zero-order chi connectivity index (χ0) is 14.8. The number of hydrogen-bond acceptors (Lipinski definition) is 4. The number of halogens is 1. The van der Waals surface area contributed by atoms with Gasteiger partial charge in [-0.1, -0.05) is 0 Å². The second kappa shape index (κ2) is 5.52. The van der Waals surface area contributed by atoms with E-state index in [1.54, 1.807) is 39.9 Å². The largest absolute Gasteiger partial charge is 0.307 e. The molecule has 0 spiro atoms. The number of aromatic nitrogens is 6. The van der Waals surface area contributed by atoms with Crippen LogP contribution in [0.2, 0.25) is 0 Å². The molecule has 4 heterocycles. The van der Waals surface area contributed by atoms with Crippen molar-refractivity contribution in [3.8, 4) is 0 Å². The summed E-state index contributed by atoms with van der Waals surface area (Å²) in [6.45, 7) is 0. The van der Waals surface area contributed by atoms with Crippen molar-refractivity contribution >= 4 is 33.9 Å². The minimum Gasteiger partial charge on any atom is -0.307 e. The molecule has 0 aliphatic rings. The Morgan fingerprint density at radius 2 is 1.67 bits per heavy atom. The normalized spacial score (nSPS) is 10.5. The van der Waals surface area contributed by atoms with Crippen molar-refractivity contribution in [1.82, 2.24) is 29.2 Å². The summed E-state index contributed by atoms with van der Waals surface area (Å²) in [4.78, 5) is 26.8. The Balaban J connectivity index is 0.000000126. The molecule has 0 aliphatic carbocycles. The Bertz CT molecular complexity index is 1010. The van der Waals surface area contributed by atoms with E-state index in [1.165, 1.54) is 12.1 Å². The highest BCUT2D eigenvalue weighted by Gasteiger charge is 1.98. The molecule has 0 amide bonds. The molecule has 0 fully saturated rings. The van der Waals surface area contributed by atoms with E-state index in [1.807, 2.05) is 0 Å². The van der Waals surface area contributed by atoms with E-state index >= 15 is 0 Å². The Morgan fingerprint density at radius 3 is 2.48 bits per heavy atom. The van der Waals surface area contributed by atoms with Gasteiger partial charge in [0.05, 0.1) is 16.0 Å². The molecule has 0 aromatic carbocycles. The van der Waals surface area contributed by atoms with Crippen LogP contribution in [0.4, 0.5) is 0 Å². The molecule has 0 unspecified atom stereocenters. The highest BCUT2D eigenvalue weighted by molar-refractivity contribution is 14.1. The van der Waals surface area contributed by atoms with Gasteiger partial charge in [-0.25, -0.2) is 9.03 Å². The van der Waals surface area contributed by atoms with Crippen molar-refractivity contribution in [2.45, 2.75) is 0 Å². The Morgan fingerprint density at radius 1 is 0.952 bits per heavy atom. The third-order valence-corrected chi connectivity index (χ3v) is 3.44. The van der Waals surface area contributed by atoms with Crippen LogP contribution in [0.1, 0.15) is 0 Å². The first-order valence-electron chi connectivity index (χ1n) is 5.88. The van der Waals surface area contributed by atoms with Crippen LogP contribution in [-0.2, 0) is 0 Å². The highest BCUT2D eigenvalue weighted by atomic mass is 127. The number of fused-ring (bicyclic) bond motifs is 2. The molecule has 0 atom stereocenters. The van der Waals surface area contributed by atoms with E-state index in [2.05, 4.69) is 42.8 Å². The smallest absolute Gasteiger partial charge is 0.251 e. The van der Waals surface area contributed by atoms with Gasteiger partial charge in [0.25, 0.3) is 11.1 Å². The lowest BCUT2D eigenvalue weighted by atomic mass is 10.6. The number of H-pyrrole nitrogens is 2. The predicted molar refractivity (Wildman–Crippen MR) is 84.3 cm³/mol. The molecule has 0 saturated carbocycles. The number of nitrogens with one attached hydrogen (secondary N) is 2. The Labute approximate surface area is 130 Å². The molecule has 106 valence electrons. The van der Waals surface area contributed by atoms with Gasteiger partial charge in [-0.2, -0.15) is 10.2 Å². The minimum absolute atomic E-state index is 0.101. The van der Waals surface area contributed by atoms with E-state index in [4.69, 9.17) is 0 Å². The molecule has 8 nitrogen and oxygen atoms in total. The van der Waals surface area contributed by atoms with Gasteiger partial charge < -0.3 is 9.97 Å². The predicted octanol–water partition coefficient (Wildman–Crippen LogP) is 0.650. The van der Waals surface area contributed by atoms with E-state index in [-0.39, 0.29) is 11.1 Å². The zero-order valence-electron chi connectivity index (χ0n) is 10.5. The van der Waals surface area contributed by atoms with Crippen LogP contribution in [0.3, 0.4) is 0 Å². The summed E-state index contributed by atoms with van der Waals surface area (Å²) in [5, 5.41) is 7.90. The van der Waals surface area contributed by atoms with E-state index in [0.29, 0.717) is 5.65 Å². The topological polar surface area (TPSA) is 100 Å². The van der Waals surface area contributed by atoms with Gasteiger partial charge in [0.2, 0.25) is 0 Å². The summed E-state index contributed by atoms with van der Waals surface area (Å²) in [5.41, 5.74) is 1.26. The lowest BCUT2D eigenvalue weighted by molar-refractivity contribution is 0.931. The van der Waals surface area contributed by atoms with E-state index in [9.17, 15) is 9.59 Å².